The fraction of sp³-hybridized carbons (Fsp3) is 0.0870. The minimum Gasteiger partial charge on any atom is -0.331 e. The Balaban J connectivity index is 1.13. The van der Waals surface area contributed by atoms with Gasteiger partial charge in [-0.15, -0.1) is 0 Å². The standard InChI is InChI=1S/C46H36N2/c1-46(2)42-20-12-10-18-38(42)39-28-27-37(31-43(39)46)47(34-14-6-3-4-7-15-34)36-25-22-32(23-26-36)33-24-29-45-41(30-33)40-19-11-13-21-44(40)48(45)35-16-8-5-9-17-35/h3-31,34H,1-2H3. The Bertz CT molecular complexity index is 2400. The molecule has 0 radical (unpaired) electrons. The molecule has 2 heteroatoms. The van der Waals surface area contributed by atoms with Crippen LogP contribution < -0.4 is 4.90 Å². The monoisotopic (exact) mass is 616 g/mol. The number of fused-ring (bicyclic) bond motifs is 6. The van der Waals surface area contributed by atoms with Crippen molar-refractivity contribution in [3.63, 3.8) is 0 Å². The fourth-order valence-electron chi connectivity index (χ4n) is 7.88. The summed E-state index contributed by atoms with van der Waals surface area (Å²) in [7, 11) is 0. The number of aromatic nitrogens is 1. The minimum absolute atomic E-state index is 0.0591. The molecule has 0 bridgehead atoms. The second kappa shape index (κ2) is 11.1. The van der Waals surface area contributed by atoms with Gasteiger partial charge < -0.3 is 9.47 Å². The van der Waals surface area contributed by atoms with E-state index in [4.69, 9.17) is 0 Å². The number of nitrogens with zero attached hydrogens (tertiary/aromatic N) is 2. The summed E-state index contributed by atoms with van der Waals surface area (Å²) in [5.74, 6) is 0. The third-order valence-corrected chi connectivity index (χ3v) is 10.3. The summed E-state index contributed by atoms with van der Waals surface area (Å²) in [5.41, 5.74) is 13.8. The molecule has 230 valence electrons. The Kier molecular flexibility index (Phi) is 6.58. The van der Waals surface area contributed by atoms with Crippen molar-refractivity contribution in [2.75, 3.05) is 4.90 Å². The normalized spacial score (nSPS) is 14.7. The molecule has 9 rings (SSSR count). The zero-order valence-electron chi connectivity index (χ0n) is 27.2. The van der Waals surface area contributed by atoms with Gasteiger partial charge in [0.2, 0.25) is 0 Å². The SMILES string of the molecule is CC1(C)c2ccccc2-c2ccc(N(c3ccc(-c4ccc5c(c4)c4ccccc4n5-c4ccccc4)cc3)C3C=CC=CC=C3)cc21. The lowest BCUT2D eigenvalue weighted by Crippen LogP contribution is -2.28. The van der Waals surface area contributed by atoms with Crippen molar-refractivity contribution in [2.24, 2.45) is 0 Å². The van der Waals surface area contributed by atoms with Crippen molar-refractivity contribution in [2.45, 2.75) is 25.3 Å². The van der Waals surface area contributed by atoms with Gasteiger partial charge in [-0.2, -0.15) is 0 Å². The fourth-order valence-corrected chi connectivity index (χ4v) is 7.88. The molecule has 0 spiro atoms. The van der Waals surface area contributed by atoms with E-state index in [2.05, 4.69) is 199 Å². The van der Waals surface area contributed by atoms with Gasteiger partial charge in [-0.1, -0.05) is 135 Å². The molecule has 1 heterocycles. The lowest BCUT2D eigenvalue weighted by Gasteiger charge is -2.32. The zero-order chi connectivity index (χ0) is 32.2. The van der Waals surface area contributed by atoms with E-state index < -0.39 is 0 Å². The number of para-hydroxylation sites is 2. The third-order valence-electron chi connectivity index (χ3n) is 10.3. The predicted molar refractivity (Wildman–Crippen MR) is 204 cm³/mol. The first-order valence-corrected chi connectivity index (χ1v) is 16.8. The van der Waals surface area contributed by atoms with Crippen LogP contribution in [0.2, 0.25) is 0 Å². The van der Waals surface area contributed by atoms with Crippen molar-refractivity contribution in [3.8, 4) is 27.9 Å². The Morgan fingerprint density at radius 2 is 1.15 bits per heavy atom. The van der Waals surface area contributed by atoms with Crippen molar-refractivity contribution < 1.29 is 0 Å². The van der Waals surface area contributed by atoms with Crippen LogP contribution in [0.3, 0.4) is 0 Å². The lowest BCUT2D eigenvalue weighted by atomic mass is 9.82. The lowest BCUT2D eigenvalue weighted by molar-refractivity contribution is 0.660. The maximum absolute atomic E-state index is 2.46. The molecule has 48 heavy (non-hydrogen) atoms. The van der Waals surface area contributed by atoms with Gasteiger partial charge in [-0.3, -0.25) is 0 Å². The number of rotatable bonds is 5. The Hall–Kier alpha value is -5.86. The Morgan fingerprint density at radius 1 is 0.500 bits per heavy atom. The second-order valence-corrected chi connectivity index (χ2v) is 13.4. The molecule has 6 aromatic carbocycles. The van der Waals surface area contributed by atoms with Crippen LogP contribution in [-0.4, -0.2) is 10.6 Å². The zero-order valence-corrected chi connectivity index (χ0v) is 27.2. The van der Waals surface area contributed by atoms with E-state index in [-0.39, 0.29) is 11.5 Å². The summed E-state index contributed by atoms with van der Waals surface area (Å²) >= 11 is 0. The van der Waals surface area contributed by atoms with Crippen molar-refractivity contribution in [1.82, 2.24) is 4.57 Å². The number of benzene rings is 6. The molecule has 0 fully saturated rings. The first-order valence-electron chi connectivity index (χ1n) is 16.8. The molecular weight excluding hydrogens is 581 g/mol. The van der Waals surface area contributed by atoms with Crippen molar-refractivity contribution in [1.29, 1.82) is 0 Å². The van der Waals surface area contributed by atoms with Crippen LogP contribution in [0.15, 0.2) is 176 Å². The highest BCUT2D eigenvalue weighted by molar-refractivity contribution is 6.10. The first-order chi connectivity index (χ1) is 23.6. The highest BCUT2D eigenvalue weighted by atomic mass is 15.2. The third kappa shape index (κ3) is 4.48. The quantitative estimate of drug-likeness (QED) is 0.187. The Labute approximate surface area is 282 Å². The van der Waals surface area contributed by atoms with Gasteiger partial charge >= 0.3 is 0 Å². The molecule has 2 nitrogen and oxygen atoms in total. The molecule has 0 unspecified atom stereocenters. The summed E-state index contributed by atoms with van der Waals surface area (Å²) in [5, 5.41) is 2.53. The highest BCUT2D eigenvalue weighted by Gasteiger charge is 2.35. The number of allylic oxidation sites excluding steroid dienone is 4. The van der Waals surface area contributed by atoms with E-state index in [0.717, 1.165) is 5.69 Å². The molecule has 1 aromatic heterocycles. The summed E-state index contributed by atoms with van der Waals surface area (Å²) in [6, 6.07) is 51.3. The summed E-state index contributed by atoms with van der Waals surface area (Å²) in [6.45, 7) is 4.70. The van der Waals surface area contributed by atoms with E-state index in [1.807, 2.05) is 0 Å². The first kappa shape index (κ1) is 28.4. The number of anilines is 2. The Morgan fingerprint density at radius 3 is 1.96 bits per heavy atom. The molecule has 0 saturated heterocycles. The summed E-state index contributed by atoms with van der Waals surface area (Å²) in [4.78, 5) is 2.46. The molecule has 2 aliphatic rings. The van der Waals surface area contributed by atoms with E-state index >= 15 is 0 Å². The number of hydrogen-bond donors (Lipinski definition) is 0. The van der Waals surface area contributed by atoms with Crippen molar-refractivity contribution >= 4 is 33.2 Å². The highest BCUT2D eigenvalue weighted by Crippen LogP contribution is 2.50. The second-order valence-electron chi connectivity index (χ2n) is 13.4. The molecule has 0 aliphatic heterocycles. The van der Waals surface area contributed by atoms with Crippen LogP contribution in [0.4, 0.5) is 11.4 Å². The molecule has 0 N–H and O–H groups in total. The molecule has 7 aromatic rings. The van der Waals surface area contributed by atoms with Gasteiger partial charge in [0, 0.05) is 33.2 Å². The van der Waals surface area contributed by atoms with Gasteiger partial charge in [0.1, 0.15) is 0 Å². The maximum Gasteiger partial charge on any atom is 0.0712 e. The average molecular weight is 617 g/mol. The van der Waals surface area contributed by atoms with E-state index in [1.54, 1.807) is 0 Å². The summed E-state index contributed by atoms with van der Waals surface area (Å²) < 4.78 is 2.37. The van der Waals surface area contributed by atoms with E-state index in [1.165, 1.54) is 66.6 Å². The van der Waals surface area contributed by atoms with Gasteiger partial charge in [0.15, 0.2) is 0 Å². The van der Waals surface area contributed by atoms with Crippen molar-refractivity contribution in [3.05, 3.63) is 187 Å². The maximum atomic E-state index is 2.46. The topological polar surface area (TPSA) is 8.17 Å². The summed E-state index contributed by atoms with van der Waals surface area (Å²) in [6.07, 6.45) is 13.1. The van der Waals surface area contributed by atoms with Gasteiger partial charge in [-0.25, -0.2) is 0 Å². The van der Waals surface area contributed by atoms with Crippen LogP contribution in [0, 0.1) is 0 Å². The van der Waals surface area contributed by atoms with Gasteiger partial charge in [0.05, 0.1) is 17.1 Å². The molecule has 2 aliphatic carbocycles. The smallest absolute Gasteiger partial charge is 0.0712 e. The van der Waals surface area contributed by atoms with Crippen LogP contribution >= 0.6 is 0 Å². The van der Waals surface area contributed by atoms with Crippen LogP contribution in [0.1, 0.15) is 25.0 Å². The van der Waals surface area contributed by atoms with E-state index in [9.17, 15) is 0 Å². The predicted octanol–water partition coefficient (Wildman–Crippen LogP) is 11.9. The number of hydrogen-bond acceptors (Lipinski definition) is 1. The van der Waals surface area contributed by atoms with Gasteiger partial charge in [0.25, 0.3) is 0 Å². The largest absolute Gasteiger partial charge is 0.331 e. The average Bonchev–Trinajstić information content (AvgIpc) is 3.40. The van der Waals surface area contributed by atoms with Gasteiger partial charge in [-0.05, 0) is 88.0 Å². The molecule has 0 saturated carbocycles. The van der Waals surface area contributed by atoms with Crippen LogP contribution in [-0.2, 0) is 5.41 Å². The van der Waals surface area contributed by atoms with E-state index in [0.29, 0.717) is 0 Å². The molecule has 0 amide bonds. The molecular formula is C46H36N2. The van der Waals surface area contributed by atoms with Crippen LogP contribution in [0.25, 0.3) is 49.7 Å². The van der Waals surface area contributed by atoms with Crippen LogP contribution in [0.5, 0.6) is 0 Å². The minimum atomic E-state index is -0.0591. The molecule has 0 atom stereocenters.